The van der Waals surface area contributed by atoms with Gasteiger partial charge in [0, 0.05) is 5.92 Å². The fraction of sp³-hybridized carbons (Fsp3) is 1.00. The summed E-state index contributed by atoms with van der Waals surface area (Å²) in [5.41, 5.74) is 4.71. The van der Waals surface area contributed by atoms with Crippen LogP contribution >= 0.6 is 0 Å². The SMILES string of the molecule is CCC(N)(O)C1CCC1. The predicted octanol–water partition coefficient (Wildman–Crippen LogP) is 0.844. The highest BCUT2D eigenvalue weighted by Gasteiger charge is 2.34. The molecule has 9 heavy (non-hydrogen) atoms. The van der Waals surface area contributed by atoms with Gasteiger partial charge in [-0.1, -0.05) is 13.3 Å². The van der Waals surface area contributed by atoms with Crippen molar-refractivity contribution >= 4 is 0 Å². The number of aliphatic hydroxyl groups is 1. The molecule has 0 saturated heterocycles. The van der Waals surface area contributed by atoms with Crippen LogP contribution in [0.4, 0.5) is 0 Å². The van der Waals surface area contributed by atoms with E-state index >= 15 is 0 Å². The largest absolute Gasteiger partial charge is 0.376 e. The van der Waals surface area contributed by atoms with Gasteiger partial charge in [0.25, 0.3) is 0 Å². The zero-order valence-corrected chi connectivity index (χ0v) is 5.93. The third-order valence-electron chi connectivity index (χ3n) is 2.38. The van der Waals surface area contributed by atoms with E-state index in [1.165, 1.54) is 6.42 Å². The first kappa shape index (κ1) is 7.03. The predicted molar refractivity (Wildman–Crippen MR) is 36.8 cm³/mol. The van der Waals surface area contributed by atoms with Gasteiger partial charge in [0.05, 0.1) is 0 Å². The van der Waals surface area contributed by atoms with Crippen LogP contribution in [0.15, 0.2) is 0 Å². The van der Waals surface area contributed by atoms with E-state index in [9.17, 15) is 5.11 Å². The molecule has 0 spiro atoms. The fourth-order valence-electron chi connectivity index (χ4n) is 1.20. The van der Waals surface area contributed by atoms with Crippen LogP contribution in [0, 0.1) is 5.92 Å². The highest BCUT2D eigenvalue weighted by atomic mass is 16.3. The third-order valence-corrected chi connectivity index (χ3v) is 2.38. The lowest BCUT2D eigenvalue weighted by atomic mass is 9.77. The van der Waals surface area contributed by atoms with Crippen molar-refractivity contribution in [2.75, 3.05) is 0 Å². The number of nitrogens with two attached hydrogens (primary N) is 1. The molecule has 0 heterocycles. The van der Waals surface area contributed by atoms with E-state index in [4.69, 9.17) is 5.73 Å². The van der Waals surface area contributed by atoms with Crippen molar-refractivity contribution in [1.82, 2.24) is 0 Å². The average Bonchev–Trinajstić information content (AvgIpc) is 1.60. The molecule has 0 aromatic carbocycles. The van der Waals surface area contributed by atoms with E-state index in [1.54, 1.807) is 0 Å². The number of rotatable bonds is 2. The minimum absolute atomic E-state index is 0.377. The summed E-state index contributed by atoms with van der Waals surface area (Å²) in [6, 6.07) is 0. The molecule has 0 radical (unpaired) electrons. The van der Waals surface area contributed by atoms with Crippen molar-refractivity contribution in [1.29, 1.82) is 0 Å². The Morgan fingerprint density at radius 1 is 1.67 bits per heavy atom. The molecule has 1 atom stereocenters. The van der Waals surface area contributed by atoms with Gasteiger partial charge in [0.1, 0.15) is 5.72 Å². The summed E-state index contributed by atoms with van der Waals surface area (Å²) >= 11 is 0. The third kappa shape index (κ3) is 1.25. The first-order chi connectivity index (χ1) is 4.17. The second-order valence-corrected chi connectivity index (χ2v) is 2.97. The van der Waals surface area contributed by atoms with Gasteiger partial charge in [-0.25, -0.2) is 0 Å². The van der Waals surface area contributed by atoms with Crippen molar-refractivity contribution in [3.8, 4) is 0 Å². The Hall–Kier alpha value is -0.0800. The molecule has 1 rings (SSSR count). The molecule has 1 aliphatic carbocycles. The normalized spacial score (nSPS) is 27.0. The number of hydrogen-bond acceptors (Lipinski definition) is 2. The first-order valence-electron chi connectivity index (χ1n) is 3.68. The van der Waals surface area contributed by atoms with Gasteiger partial charge in [-0.3, -0.25) is 0 Å². The maximum Gasteiger partial charge on any atom is 0.116 e. The zero-order chi connectivity index (χ0) is 6.91. The van der Waals surface area contributed by atoms with Gasteiger partial charge < -0.3 is 10.8 Å². The summed E-state index contributed by atoms with van der Waals surface area (Å²) in [6.07, 6.45) is 4.14. The van der Waals surface area contributed by atoms with Crippen LogP contribution in [0.25, 0.3) is 0 Å². The molecule has 2 heteroatoms. The lowest BCUT2D eigenvalue weighted by Crippen LogP contribution is -2.49. The molecule has 0 aliphatic heterocycles. The fourth-order valence-corrected chi connectivity index (χ4v) is 1.20. The molecule has 54 valence electrons. The maximum absolute atomic E-state index is 9.42. The highest BCUT2D eigenvalue weighted by Crippen LogP contribution is 2.34. The Bertz CT molecular complexity index is 97.1. The molecule has 0 amide bonds. The first-order valence-corrected chi connectivity index (χ1v) is 3.68. The second kappa shape index (κ2) is 2.27. The van der Waals surface area contributed by atoms with Crippen LogP contribution in [0.3, 0.4) is 0 Å². The van der Waals surface area contributed by atoms with Crippen LogP contribution in [-0.4, -0.2) is 10.8 Å². The lowest BCUT2D eigenvalue weighted by molar-refractivity contribution is -0.0481. The summed E-state index contributed by atoms with van der Waals surface area (Å²) < 4.78 is 0. The molecular formula is C7H15NO. The Kier molecular flexibility index (Phi) is 1.78. The molecule has 2 nitrogen and oxygen atoms in total. The maximum atomic E-state index is 9.42. The Morgan fingerprint density at radius 2 is 2.22 bits per heavy atom. The van der Waals surface area contributed by atoms with E-state index in [1.807, 2.05) is 6.92 Å². The van der Waals surface area contributed by atoms with Gasteiger partial charge in [0.15, 0.2) is 0 Å². The monoisotopic (exact) mass is 129 g/mol. The minimum atomic E-state index is -0.863. The Labute approximate surface area is 56.1 Å². The summed E-state index contributed by atoms with van der Waals surface area (Å²) in [4.78, 5) is 0. The van der Waals surface area contributed by atoms with Crippen LogP contribution < -0.4 is 5.73 Å². The molecule has 0 aromatic heterocycles. The van der Waals surface area contributed by atoms with Gasteiger partial charge in [-0.05, 0) is 19.3 Å². The van der Waals surface area contributed by atoms with Crippen molar-refractivity contribution < 1.29 is 5.11 Å². The average molecular weight is 129 g/mol. The molecule has 3 N–H and O–H groups in total. The molecule has 1 fully saturated rings. The molecule has 0 bridgehead atoms. The highest BCUT2D eigenvalue weighted by molar-refractivity contribution is 4.84. The van der Waals surface area contributed by atoms with Crippen LogP contribution in [0.5, 0.6) is 0 Å². The molecule has 1 saturated carbocycles. The Balaban J connectivity index is 2.37. The van der Waals surface area contributed by atoms with Crippen LogP contribution in [0.2, 0.25) is 0 Å². The molecule has 0 aromatic rings. The standard InChI is InChI=1S/C7H15NO/c1-2-7(8,9)6-4-3-5-6/h6,9H,2-5,8H2,1H3. The summed E-state index contributed by atoms with van der Waals surface area (Å²) in [6.45, 7) is 1.93. The smallest absolute Gasteiger partial charge is 0.116 e. The van der Waals surface area contributed by atoms with Crippen molar-refractivity contribution in [2.24, 2.45) is 11.7 Å². The molecule has 1 aliphatic rings. The van der Waals surface area contributed by atoms with E-state index in [-0.39, 0.29) is 0 Å². The van der Waals surface area contributed by atoms with Crippen molar-refractivity contribution in [3.63, 3.8) is 0 Å². The van der Waals surface area contributed by atoms with E-state index in [2.05, 4.69) is 0 Å². The van der Waals surface area contributed by atoms with Crippen LogP contribution in [-0.2, 0) is 0 Å². The molecular weight excluding hydrogens is 114 g/mol. The lowest BCUT2D eigenvalue weighted by Gasteiger charge is -2.37. The molecule has 1 unspecified atom stereocenters. The van der Waals surface area contributed by atoms with E-state index < -0.39 is 5.72 Å². The van der Waals surface area contributed by atoms with Gasteiger partial charge in [0.2, 0.25) is 0 Å². The van der Waals surface area contributed by atoms with Gasteiger partial charge >= 0.3 is 0 Å². The summed E-state index contributed by atoms with van der Waals surface area (Å²) in [5.74, 6) is 0.377. The summed E-state index contributed by atoms with van der Waals surface area (Å²) in [7, 11) is 0. The zero-order valence-electron chi connectivity index (χ0n) is 5.93. The topological polar surface area (TPSA) is 46.2 Å². The van der Waals surface area contributed by atoms with Gasteiger partial charge in [-0.2, -0.15) is 0 Å². The van der Waals surface area contributed by atoms with Crippen LogP contribution in [0.1, 0.15) is 32.6 Å². The quantitative estimate of drug-likeness (QED) is 0.543. The van der Waals surface area contributed by atoms with E-state index in [0.717, 1.165) is 12.8 Å². The van der Waals surface area contributed by atoms with Crippen molar-refractivity contribution in [2.45, 2.75) is 38.3 Å². The van der Waals surface area contributed by atoms with Crippen molar-refractivity contribution in [3.05, 3.63) is 0 Å². The number of hydrogen-bond donors (Lipinski definition) is 2. The van der Waals surface area contributed by atoms with Gasteiger partial charge in [-0.15, -0.1) is 0 Å². The minimum Gasteiger partial charge on any atom is -0.376 e. The summed E-state index contributed by atoms with van der Waals surface area (Å²) in [5, 5.41) is 9.42. The Morgan fingerprint density at radius 3 is 2.33 bits per heavy atom. The van der Waals surface area contributed by atoms with E-state index in [0.29, 0.717) is 12.3 Å². The second-order valence-electron chi connectivity index (χ2n) is 2.97.